The van der Waals surface area contributed by atoms with Crippen LogP contribution in [0.5, 0.6) is 5.75 Å². The standard InChI is InChI=1S/C22H31N4O9P.ClH/c1-13(2)11-15(21(29)32-3)25-36(31,35-14-7-5-4-6-8-14)33-12-16-18(27)19(28)20(34-16)26-10-9-17(23)24-22(26)30;/h4-10,13,15-16,18-20,27-28H,11-12H2,1-3H3,(H,25,31)(H2,23,24,30);1H/t15-,16+,18+,19+,20+,36?;/m0./s1. The second kappa shape index (κ2) is 13.3. The third kappa shape index (κ3) is 7.99. The Hall–Kier alpha value is -2.51. The molecule has 1 unspecified atom stereocenters. The van der Waals surface area contributed by atoms with Crippen molar-refractivity contribution in [2.24, 2.45) is 5.92 Å². The molecule has 1 saturated heterocycles. The average Bonchev–Trinajstić information content (AvgIpc) is 3.11. The number of para-hydroxylation sites is 1. The van der Waals surface area contributed by atoms with Crippen LogP contribution in [0.25, 0.3) is 0 Å². The fraction of sp³-hybridized carbons (Fsp3) is 0.500. The summed E-state index contributed by atoms with van der Waals surface area (Å²) in [5.41, 5.74) is 4.70. The van der Waals surface area contributed by atoms with E-state index in [1.807, 2.05) is 13.8 Å². The maximum absolute atomic E-state index is 13.7. The van der Waals surface area contributed by atoms with Crippen LogP contribution in [-0.2, 0) is 23.4 Å². The van der Waals surface area contributed by atoms with Crippen molar-refractivity contribution in [3.63, 3.8) is 0 Å². The number of halogens is 1. The summed E-state index contributed by atoms with van der Waals surface area (Å²) in [5.74, 6) is -0.441. The second-order valence-corrected chi connectivity index (χ2v) is 10.3. The molecule has 1 aliphatic heterocycles. The molecule has 3 rings (SSSR count). The fourth-order valence-corrected chi connectivity index (χ4v) is 5.12. The van der Waals surface area contributed by atoms with Gasteiger partial charge in [-0.05, 0) is 30.5 Å². The van der Waals surface area contributed by atoms with E-state index in [1.165, 1.54) is 19.4 Å². The number of carbonyl (C=O) groups excluding carboxylic acids is 1. The van der Waals surface area contributed by atoms with Gasteiger partial charge in [0.25, 0.3) is 0 Å². The van der Waals surface area contributed by atoms with E-state index in [2.05, 4.69) is 10.1 Å². The minimum absolute atomic E-state index is 0. The van der Waals surface area contributed by atoms with Crippen molar-refractivity contribution in [1.82, 2.24) is 14.6 Å². The number of rotatable bonds is 11. The van der Waals surface area contributed by atoms with E-state index in [1.54, 1.807) is 30.3 Å². The number of hydrogen-bond donors (Lipinski definition) is 4. The second-order valence-electron chi connectivity index (χ2n) is 8.62. The molecule has 0 aliphatic carbocycles. The van der Waals surface area contributed by atoms with Crippen LogP contribution in [-0.4, -0.2) is 63.8 Å². The third-order valence-electron chi connectivity index (χ3n) is 5.35. The zero-order valence-corrected chi connectivity index (χ0v) is 22.2. The molecule has 1 fully saturated rings. The van der Waals surface area contributed by atoms with Crippen molar-refractivity contribution in [1.29, 1.82) is 0 Å². The molecule has 2 aromatic rings. The Morgan fingerprint density at radius 1 is 1.24 bits per heavy atom. The van der Waals surface area contributed by atoms with E-state index in [-0.39, 0.29) is 36.3 Å². The molecule has 0 amide bonds. The van der Waals surface area contributed by atoms with Crippen molar-refractivity contribution in [3.8, 4) is 5.75 Å². The van der Waals surface area contributed by atoms with Crippen molar-refractivity contribution >= 4 is 31.9 Å². The van der Waals surface area contributed by atoms with E-state index in [0.717, 1.165) is 4.57 Å². The van der Waals surface area contributed by atoms with Crippen LogP contribution in [0.1, 0.15) is 26.5 Å². The predicted octanol–water partition coefficient (Wildman–Crippen LogP) is 1.25. The summed E-state index contributed by atoms with van der Waals surface area (Å²) < 4.78 is 36.4. The summed E-state index contributed by atoms with van der Waals surface area (Å²) in [6.45, 7) is 3.23. The Labute approximate surface area is 219 Å². The number of methoxy groups -OCH3 is 1. The van der Waals surface area contributed by atoms with Crippen LogP contribution < -0.4 is 21.0 Å². The number of aliphatic hydroxyl groups excluding tert-OH is 2. The molecule has 0 bridgehead atoms. The van der Waals surface area contributed by atoms with Gasteiger partial charge in [-0.2, -0.15) is 10.1 Å². The summed E-state index contributed by atoms with van der Waals surface area (Å²) in [6.07, 6.45) is -3.98. The van der Waals surface area contributed by atoms with Gasteiger partial charge in [0.1, 0.15) is 35.9 Å². The number of hydrogen-bond acceptors (Lipinski definition) is 11. The molecule has 0 spiro atoms. The molecule has 206 valence electrons. The monoisotopic (exact) mass is 562 g/mol. The Bertz CT molecular complexity index is 1140. The smallest absolute Gasteiger partial charge is 0.459 e. The first kappa shape index (κ1) is 30.7. The van der Waals surface area contributed by atoms with E-state index in [4.69, 9.17) is 24.3 Å². The Morgan fingerprint density at radius 2 is 1.92 bits per heavy atom. The van der Waals surface area contributed by atoms with Gasteiger partial charge in [0, 0.05) is 6.20 Å². The molecule has 0 radical (unpaired) electrons. The summed E-state index contributed by atoms with van der Waals surface area (Å²) in [5, 5.41) is 23.6. The molecule has 2 heterocycles. The minimum Gasteiger partial charge on any atom is -0.468 e. The van der Waals surface area contributed by atoms with E-state index >= 15 is 0 Å². The quantitative estimate of drug-likeness (QED) is 0.227. The van der Waals surface area contributed by atoms with Gasteiger partial charge in [-0.15, -0.1) is 12.4 Å². The number of benzene rings is 1. The average molecular weight is 563 g/mol. The number of aromatic nitrogens is 2. The van der Waals surface area contributed by atoms with E-state index < -0.39 is 56.6 Å². The van der Waals surface area contributed by atoms with Crippen LogP contribution in [0.3, 0.4) is 0 Å². The summed E-state index contributed by atoms with van der Waals surface area (Å²) in [6, 6.07) is 8.48. The topological polar surface area (TPSA) is 184 Å². The molecular formula is C22H32ClN4O9P. The largest absolute Gasteiger partial charge is 0.468 e. The predicted molar refractivity (Wildman–Crippen MR) is 135 cm³/mol. The lowest BCUT2D eigenvalue weighted by Gasteiger charge is -2.26. The van der Waals surface area contributed by atoms with Gasteiger partial charge >= 0.3 is 19.4 Å². The van der Waals surface area contributed by atoms with Crippen molar-refractivity contribution in [2.75, 3.05) is 19.5 Å². The lowest BCUT2D eigenvalue weighted by atomic mass is 10.1. The van der Waals surface area contributed by atoms with Crippen LogP contribution in [0, 0.1) is 5.92 Å². The number of esters is 1. The highest BCUT2D eigenvalue weighted by molar-refractivity contribution is 7.52. The molecule has 1 aromatic carbocycles. The lowest BCUT2D eigenvalue weighted by Crippen LogP contribution is -2.39. The van der Waals surface area contributed by atoms with Gasteiger partial charge in [-0.25, -0.2) is 9.36 Å². The lowest BCUT2D eigenvalue weighted by molar-refractivity contribution is -0.143. The highest BCUT2D eigenvalue weighted by Crippen LogP contribution is 2.46. The number of nitrogens with one attached hydrogen (secondary N) is 1. The molecular weight excluding hydrogens is 531 g/mol. The number of nitrogens with zero attached hydrogens (tertiary/aromatic N) is 2. The minimum atomic E-state index is -4.25. The van der Waals surface area contributed by atoms with Crippen LogP contribution in [0.15, 0.2) is 47.4 Å². The molecule has 0 saturated carbocycles. The Morgan fingerprint density at radius 3 is 2.51 bits per heavy atom. The zero-order valence-electron chi connectivity index (χ0n) is 20.5. The molecule has 6 atom stereocenters. The van der Waals surface area contributed by atoms with Gasteiger partial charge in [-0.1, -0.05) is 32.0 Å². The molecule has 15 heteroatoms. The maximum Gasteiger partial charge on any atom is 0.459 e. The first-order chi connectivity index (χ1) is 17.0. The number of anilines is 1. The number of ether oxygens (including phenoxy) is 2. The van der Waals surface area contributed by atoms with Crippen molar-refractivity contribution in [3.05, 3.63) is 53.1 Å². The number of nitrogens with two attached hydrogens (primary N) is 1. The number of nitrogen functional groups attached to an aromatic ring is 1. The SMILES string of the molecule is COC(=O)[C@H](CC(C)C)NP(=O)(OC[C@H]1O[C@@H](n2ccc(N)nc2=O)[C@H](O)[C@@H]1O)Oc1ccccc1.Cl. The third-order valence-corrected chi connectivity index (χ3v) is 6.92. The van der Waals surface area contributed by atoms with Crippen LogP contribution in [0.2, 0.25) is 0 Å². The fourth-order valence-electron chi connectivity index (χ4n) is 3.60. The zero-order chi connectivity index (χ0) is 26.5. The maximum atomic E-state index is 13.7. The van der Waals surface area contributed by atoms with Gasteiger partial charge in [-0.3, -0.25) is 13.9 Å². The Balaban J connectivity index is 0.00000481. The molecule has 13 nitrogen and oxygen atoms in total. The van der Waals surface area contributed by atoms with Crippen LogP contribution >= 0.6 is 20.2 Å². The van der Waals surface area contributed by atoms with Crippen molar-refractivity contribution < 1.29 is 38.1 Å². The summed E-state index contributed by atoms with van der Waals surface area (Å²) in [4.78, 5) is 28.1. The highest BCUT2D eigenvalue weighted by atomic mass is 35.5. The Kier molecular flexibility index (Phi) is 11.1. The van der Waals surface area contributed by atoms with Gasteiger partial charge in [0.05, 0.1) is 13.7 Å². The first-order valence-corrected chi connectivity index (χ1v) is 12.8. The molecule has 1 aliphatic rings. The van der Waals surface area contributed by atoms with Crippen LogP contribution in [0.4, 0.5) is 5.82 Å². The normalized spacial score (nSPS) is 23.6. The van der Waals surface area contributed by atoms with Gasteiger partial charge < -0.3 is 29.9 Å². The van der Waals surface area contributed by atoms with E-state index in [9.17, 15) is 24.4 Å². The summed E-state index contributed by atoms with van der Waals surface area (Å²) >= 11 is 0. The molecule has 5 N–H and O–H groups in total. The number of aliphatic hydroxyl groups is 2. The number of carbonyl (C=O) groups is 1. The van der Waals surface area contributed by atoms with Gasteiger partial charge in [0.15, 0.2) is 6.23 Å². The van der Waals surface area contributed by atoms with Crippen molar-refractivity contribution in [2.45, 2.75) is 50.8 Å². The van der Waals surface area contributed by atoms with Gasteiger partial charge in [0.2, 0.25) is 0 Å². The summed E-state index contributed by atoms with van der Waals surface area (Å²) in [7, 11) is -3.04. The van der Waals surface area contributed by atoms with E-state index in [0.29, 0.717) is 0 Å². The molecule has 1 aromatic heterocycles. The first-order valence-electron chi connectivity index (χ1n) is 11.2. The highest BCUT2D eigenvalue weighted by Gasteiger charge is 2.46. The molecule has 37 heavy (non-hydrogen) atoms.